The summed E-state index contributed by atoms with van der Waals surface area (Å²) in [6, 6.07) is 0. The maximum atomic E-state index is 10.9. The Kier molecular flexibility index (Phi) is 12.3. The number of rotatable bonds is 17. The number of unbranched alkanes of at least 4 members (excludes halogenated alkanes) is 2. The third kappa shape index (κ3) is 14.7. The molecule has 0 amide bonds. The second kappa shape index (κ2) is 12.4. The summed E-state index contributed by atoms with van der Waals surface area (Å²) in [6.45, 7) is 8.95. The molecule has 0 radical (unpaired) electrons. The van der Waals surface area contributed by atoms with Crippen LogP contribution in [0.2, 0.25) is 0 Å². The predicted octanol–water partition coefficient (Wildman–Crippen LogP) is 1.35. The van der Waals surface area contributed by atoms with Crippen LogP contribution in [-0.4, -0.2) is 99.8 Å². The van der Waals surface area contributed by atoms with Crippen LogP contribution >= 0.6 is 0 Å². The van der Waals surface area contributed by atoms with Crippen LogP contribution in [0.3, 0.4) is 0 Å². The summed E-state index contributed by atoms with van der Waals surface area (Å²) in [4.78, 5) is 0. The lowest BCUT2D eigenvalue weighted by Gasteiger charge is -2.40. The fourth-order valence-electron chi connectivity index (χ4n) is 3.48. The van der Waals surface area contributed by atoms with Gasteiger partial charge in [0.2, 0.25) is 0 Å². The van der Waals surface area contributed by atoms with Crippen molar-refractivity contribution < 1.29 is 34.9 Å². The smallest absolute Gasteiger partial charge is 0.128 e. The molecule has 0 saturated carbocycles. The Morgan fingerprint density at radius 3 is 1.11 bits per heavy atom. The van der Waals surface area contributed by atoms with Crippen molar-refractivity contribution in [3.05, 3.63) is 0 Å². The lowest BCUT2D eigenvalue weighted by Crippen LogP contribution is -2.56. The highest BCUT2D eigenvalue weighted by atomic mass is 32.2. The van der Waals surface area contributed by atoms with Crippen LogP contribution in [0.4, 0.5) is 0 Å². The summed E-state index contributed by atoms with van der Waals surface area (Å²) >= 11 is 0. The van der Waals surface area contributed by atoms with Gasteiger partial charge in [-0.3, -0.25) is 0 Å². The minimum Gasteiger partial charge on any atom is -0.748 e. The van der Waals surface area contributed by atoms with Gasteiger partial charge in [0.05, 0.1) is 60.5 Å². The van der Waals surface area contributed by atoms with Crippen molar-refractivity contribution in [3.63, 3.8) is 0 Å². The molecule has 0 fully saturated rings. The maximum absolute atomic E-state index is 10.9. The van der Waals surface area contributed by atoms with Crippen LogP contribution in [0, 0.1) is 0 Å². The van der Waals surface area contributed by atoms with E-state index in [1.807, 2.05) is 0 Å². The molecular formula is C18H40N2O6S2. The monoisotopic (exact) mass is 444 g/mol. The minimum atomic E-state index is -4.20. The Balaban J connectivity index is 4.99. The van der Waals surface area contributed by atoms with E-state index in [-0.39, 0.29) is 11.5 Å². The zero-order valence-corrected chi connectivity index (χ0v) is 19.7. The molecule has 170 valence electrons. The van der Waals surface area contributed by atoms with Gasteiger partial charge in [-0.25, -0.2) is 16.8 Å². The van der Waals surface area contributed by atoms with Crippen LogP contribution in [-0.2, 0) is 20.2 Å². The molecule has 28 heavy (non-hydrogen) atoms. The summed E-state index contributed by atoms with van der Waals surface area (Å²) in [5, 5.41) is 0. The normalized spacial score (nSPS) is 17.2. The van der Waals surface area contributed by atoms with Crippen molar-refractivity contribution in [2.24, 2.45) is 0 Å². The first-order valence-electron chi connectivity index (χ1n) is 10.3. The molecule has 0 aromatic carbocycles. The Morgan fingerprint density at radius 2 is 0.857 bits per heavy atom. The molecule has 10 heteroatoms. The summed E-state index contributed by atoms with van der Waals surface area (Å²) in [7, 11) is -4.20. The molecule has 0 N–H and O–H groups in total. The molecule has 0 spiro atoms. The number of hydrogen-bond donors (Lipinski definition) is 0. The van der Waals surface area contributed by atoms with Gasteiger partial charge < -0.3 is 18.1 Å². The molecule has 0 heterocycles. The van der Waals surface area contributed by atoms with Crippen LogP contribution < -0.4 is 0 Å². The molecule has 0 aliphatic rings. The highest BCUT2D eigenvalue weighted by molar-refractivity contribution is 7.85. The second-order valence-corrected chi connectivity index (χ2v) is 11.6. The Morgan fingerprint density at radius 1 is 0.571 bits per heavy atom. The van der Waals surface area contributed by atoms with Gasteiger partial charge >= 0.3 is 0 Å². The zero-order valence-electron chi connectivity index (χ0n) is 18.1. The van der Waals surface area contributed by atoms with E-state index < -0.39 is 20.2 Å². The number of likely N-dealkylation sites (N-methyl/N-ethyl adjacent to an activating group) is 2. The molecule has 0 aliphatic heterocycles. The zero-order chi connectivity index (χ0) is 21.9. The van der Waals surface area contributed by atoms with Crippen molar-refractivity contribution >= 4 is 20.2 Å². The van der Waals surface area contributed by atoms with E-state index in [0.717, 1.165) is 51.9 Å². The van der Waals surface area contributed by atoms with Crippen LogP contribution in [0.1, 0.15) is 52.4 Å². The molecule has 0 aliphatic carbocycles. The van der Waals surface area contributed by atoms with E-state index in [4.69, 9.17) is 0 Å². The van der Waals surface area contributed by atoms with Crippen LogP contribution in [0.25, 0.3) is 0 Å². The fraction of sp³-hybridized carbons (Fsp3) is 1.00. The van der Waals surface area contributed by atoms with Gasteiger partial charge in [-0.05, 0) is 12.8 Å². The van der Waals surface area contributed by atoms with Gasteiger partial charge in [0, 0.05) is 24.3 Å². The van der Waals surface area contributed by atoms with Crippen molar-refractivity contribution in [1.82, 2.24) is 0 Å². The van der Waals surface area contributed by atoms with Gasteiger partial charge in [0.1, 0.15) is 13.1 Å². The fourth-order valence-corrected chi connectivity index (χ4v) is 4.44. The van der Waals surface area contributed by atoms with Gasteiger partial charge in [-0.15, -0.1) is 0 Å². The third-order valence-corrected chi connectivity index (χ3v) is 7.04. The molecule has 2 atom stereocenters. The summed E-state index contributed by atoms with van der Waals surface area (Å²) in [5.41, 5.74) is 0. The molecule has 0 saturated heterocycles. The Hall–Kier alpha value is -0.260. The third-order valence-electron chi connectivity index (χ3n) is 5.47. The summed E-state index contributed by atoms with van der Waals surface area (Å²) in [5.74, 6) is -0.674. The van der Waals surface area contributed by atoms with Gasteiger partial charge in [-0.1, -0.05) is 26.7 Å². The van der Waals surface area contributed by atoms with Crippen LogP contribution in [0.15, 0.2) is 0 Å². The molecule has 0 rings (SSSR count). The molecule has 0 aromatic rings. The van der Waals surface area contributed by atoms with E-state index in [0.29, 0.717) is 34.9 Å². The van der Waals surface area contributed by atoms with Gasteiger partial charge in [0.25, 0.3) is 0 Å². The molecule has 2 unspecified atom stereocenters. The number of hydrogen-bond acceptors (Lipinski definition) is 6. The minimum absolute atomic E-state index is 0.337. The molecular weight excluding hydrogens is 404 g/mol. The number of quaternary nitrogens is 2. The first-order valence-corrected chi connectivity index (χ1v) is 13.4. The van der Waals surface area contributed by atoms with Gasteiger partial charge in [-0.2, -0.15) is 0 Å². The van der Waals surface area contributed by atoms with E-state index in [1.165, 1.54) is 0 Å². The standard InChI is InChI=1S/C18H40N2O6S2/c1-5-7-11-19(3,13-9-17-27(21,22)23)15-16-20(4,12-8-6-2)14-10-18-28(24,25)26/h5-18H2,1-4H3. The van der Waals surface area contributed by atoms with Crippen LogP contribution in [0.5, 0.6) is 0 Å². The second-order valence-electron chi connectivity index (χ2n) is 8.52. The molecule has 0 bridgehead atoms. The largest absolute Gasteiger partial charge is 0.748 e. The highest BCUT2D eigenvalue weighted by Crippen LogP contribution is 2.14. The van der Waals surface area contributed by atoms with E-state index in [1.54, 1.807) is 0 Å². The first-order chi connectivity index (χ1) is 12.7. The van der Waals surface area contributed by atoms with Crippen molar-refractivity contribution in [1.29, 1.82) is 0 Å². The van der Waals surface area contributed by atoms with E-state index in [9.17, 15) is 25.9 Å². The average Bonchev–Trinajstić information content (AvgIpc) is 2.54. The SMILES string of the molecule is CCCC[N+](C)(CCCS(=O)(=O)[O-])CC[N+](C)(CCCC)CCCS(=O)(=O)[O-]. The maximum Gasteiger partial charge on any atom is 0.128 e. The van der Waals surface area contributed by atoms with E-state index >= 15 is 0 Å². The topological polar surface area (TPSA) is 114 Å². The number of nitrogens with zero attached hydrogens (tertiary/aromatic N) is 2. The predicted molar refractivity (Wildman–Crippen MR) is 110 cm³/mol. The van der Waals surface area contributed by atoms with E-state index in [2.05, 4.69) is 27.9 Å². The van der Waals surface area contributed by atoms with Crippen molar-refractivity contribution in [3.8, 4) is 0 Å². The lowest BCUT2D eigenvalue weighted by molar-refractivity contribution is -0.964. The summed E-state index contributed by atoms with van der Waals surface area (Å²) < 4.78 is 66.9. The summed E-state index contributed by atoms with van der Waals surface area (Å²) in [6.07, 6.45) is 4.81. The van der Waals surface area contributed by atoms with Crippen molar-refractivity contribution in [2.45, 2.75) is 52.4 Å². The van der Waals surface area contributed by atoms with Gasteiger partial charge in [0.15, 0.2) is 0 Å². The highest BCUT2D eigenvalue weighted by Gasteiger charge is 2.28. The Bertz CT molecular complexity index is 582. The van der Waals surface area contributed by atoms with Crippen molar-refractivity contribution in [2.75, 3.05) is 64.9 Å². The molecule has 0 aromatic heterocycles. The quantitative estimate of drug-likeness (QED) is 0.247. The first kappa shape index (κ1) is 27.7. The lowest BCUT2D eigenvalue weighted by atomic mass is 10.2. The Labute approximate surface area is 172 Å². The average molecular weight is 445 g/mol. The molecule has 8 nitrogen and oxygen atoms in total.